The predicted octanol–water partition coefficient (Wildman–Crippen LogP) is 0.888. The molecule has 2 aliphatic heterocycles. The number of likely N-dealkylation sites (tertiary alicyclic amines) is 1. The summed E-state index contributed by atoms with van der Waals surface area (Å²) >= 11 is 0. The number of amides is 2. The van der Waals surface area contributed by atoms with Gasteiger partial charge in [-0.2, -0.15) is 0 Å². The van der Waals surface area contributed by atoms with Crippen LogP contribution in [-0.2, 0) is 20.7 Å². The van der Waals surface area contributed by atoms with E-state index in [0.29, 0.717) is 41.9 Å². The van der Waals surface area contributed by atoms with Crippen molar-refractivity contribution in [2.75, 3.05) is 25.4 Å². The number of aliphatic hydroxyl groups excluding tert-OH is 2. The molecule has 2 aromatic rings. The van der Waals surface area contributed by atoms with Crippen molar-refractivity contribution >= 4 is 29.0 Å². The largest absolute Gasteiger partial charge is 0.449 e. The molecular formula is C26H37N7O6. The third-order valence-electron chi connectivity index (χ3n) is 8.21. The predicted molar refractivity (Wildman–Crippen MR) is 138 cm³/mol. The molecule has 2 saturated carbocycles. The number of ether oxygens (including phenoxy) is 2. The third kappa shape index (κ3) is 5.80. The van der Waals surface area contributed by atoms with Crippen LogP contribution in [0.25, 0.3) is 11.2 Å². The molecule has 4 fully saturated rings. The number of anilines is 1. The lowest BCUT2D eigenvalue weighted by atomic mass is 9.91. The van der Waals surface area contributed by atoms with Crippen molar-refractivity contribution in [3.8, 4) is 0 Å². The summed E-state index contributed by atoms with van der Waals surface area (Å²) in [5.41, 5.74) is 6.94. The Morgan fingerprint density at radius 3 is 2.56 bits per heavy atom. The molecule has 212 valence electrons. The zero-order valence-electron chi connectivity index (χ0n) is 21.9. The van der Waals surface area contributed by atoms with Crippen molar-refractivity contribution in [1.82, 2.24) is 29.7 Å². The number of nitrogens with zero attached hydrogens (tertiary/aromatic N) is 5. The fraction of sp³-hybridized carbons (Fsp3) is 0.731. The van der Waals surface area contributed by atoms with Gasteiger partial charge in [0.05, 0.1) is 12.9 Å². The molecule has 5 N–H and O–H groups in total. The minimum absolute atomic E-state index is 0.106. The van der Waals surface area contributed by atoms with Crippen molar-refractivity contribution in [2.24, 2.45) is 11.8 Å². The van der Waals surface area contributed by atoms with Crippen molar-refractivity contribution in [2.45, 2.75) is 88.4 Å². The second-order valence-electron chi connectivity index (χ2n) is 11.4. The smallest absolute Gasteiger partial charge is 0.409 e. The Morgan fingerprint density at radius 1 is 1.08 bits per heavy atom. The summed E-state index contributed by atoms with van der Waals surface area (Å²) in [6.07, 6.45) is 4.79. The van der Waals surface area contributed by atoms with E-state index in [1.807, 2.05) is 4.90 Å². The van der Waals surface area contributed by atoms with Gasteiger partial charge >= 0.3 is 6.09 Å². The van der Waals surface area contributed by atoms with E-state index in [4.69, 9.17) is 15.2 Å². The van der Waals surface area contributed by atoms with Gasteiger partial charge < -0.3 is 35.6 Å². The summed E-state index contributed by atoms with van der Waals surface area (Å²) < 4.78 is 12.7. The van der Waals surface area contributed by atoms with Crippen LogP contribution >= 0.6 is 0 Å². The fourth-order valence-corrected chi connectivity index (χ4v) is 5.42. The van der Waals surface area contributed by atoms with Crippen LogP contribution < -0.4 is 11.1 Å². The number of aliphatic hydroxyl groups is 2. The minimum Gasteiger partial charge on any atom is -0.449 e. The molecule has 6 rings (SSSR count). The lowest BCUT2D eigenvalue weighted by molar-refractivity contribution is -0.137. The number of nitrogens with two attached hydrogens (primary N) is 1. The molecule has 4 atom stereocenters. The summed E-state index contributed by atoms with van der Waals surface area (Å²) in [5, 5.41) is 24.0. The molecule has 0 bridgehead atoms. The van der Waals surface area contributed by atoms with Crippen LogP contribution in [0.4, 0.5) is 10.6 Å². The monoisotopic (exact) mass is 543 g/mol. The Hall–Kier alpha value is -3.03. The second kappa shape index (κ2) is 10.9. The molecule has 0 radical (unpaired) electrons. The second-order valence-corrected chi connectivity index (χ2v) is 11.4. The van der Waals surface area contributed by atoms with Gasteiger partial charge in [0.25, 0.3) is 5.91 Å². The van der Waals surface area contributed by atoms with Crippen molar-refractivity contribution in [3.63, 3.8) is 0 Å². The number of rotatable bonds is 9. The summed E-state index contributed by atoms with van der Waals surface area (Å²) in [7, 11) is 0. The van der Waals surface area contributed by atoms with E-state index in [1.54, 1.807) is 0 Å². The molecule has 0 spiro atoms. The van der Waals surface area contributed by atoms with E-state index in [0.717, 1.165) is 51.6 Å². The van der Waals surface area contributed by atoms with Gasteiger partial charge in [0.15, 0.2) is 23.8 Å². The molecule has 4 heterocycles. The maximum Gasteiger partial charge on any atom is 0.409 e. The van der Waals surface area contributed by atoms with E-state index >= 15 is 0 Å². The number of hydrogen-bond donors (Lipinski definition) is 4. The number of imidazole rings is 1. The maximum absolute atomic E-state index is 12.5. The first-order chi connectivity index (χ1) is 18.9. The standard InChI is InChI=1S/C26H37N7O6/c27-22-18-23(33(13-28-18)25-20(35)19(34)21(39-25)24(36)29-16-6-7-16)31-17(30-22)3-1-2-14-8-10-32(11-9-14)26(37)38-12-15-4-5-15/h13-16,19-21,25,34-35H,1-12H2,(H,29,36)(H2,27,30,31)/t19?,20-,21-,25+/m0/s1. The van der Waals surface area contributed by atoms with Crippen LogP contribution in [0.3, 0.4) is 0 Å². The highest BCUT2D eigenvalue weighted by molar-refractivity contribution is 5.83. The van der Waals surface area contributed by atoms with Crippen molar-refractivity contribution < 1.29 is 29.3 Å². The van der Waals surface area contributed by atoms with E-state index < -0.39 is 30.4 Å². The first-order valence-corrected chi connectivity index (χ1v) is 14.1. The van der Waals surface area contributed by atoms with Crippen LogP contribution in [0.5, 0.6) is 0 Å². The third-order valence-corrected chi connectivity index (χ3v) is 8.21. The quantitative estimate of drug-likeness (QED) is 0.355. The SMILES string of the molecule is Nc1nc(CCCC2CCN(C(=O)OCC3CC3)CC2)nc2c1ncn2[C@@H]1O[C@H](C(=O)NC2CC2)C(O)[C@@H]1O. The normalized spacial score (nSPS) is 27.7. The average Bonchev–Trinajstić information content (AvgIpc) is 3.86. The molecule has 13 nitrogen and oxygen atoms in total. The van der Waals surface area contributed by atoms with Gasteiger partial charge in [-0.3, -0.25) is 9.36 Å². The number of aromatic nitrogens is 4. The maximum atomic E-state index is 12.5. The number of carbonyl (C=O) groups is 2. The van der Waals surface area contributed by atoms with Gasteiger partial charge in [0, 0.05) is 25.6 Å². The van der Waals surface area contributed by atoms with E-state index in [2.05, 4.69) is 20.3 Å². The first-order valence-electron chi connectivity index (χ1n) is 14.1. The summed E-state index contributed by atoms with van der Waals surface area (Å²) in [6.45, 7) is 1.99. The highest BCUT2D eigenvalue weighted by Gasteiger charge is 2.48. The Kier molecular flexibility index (Phi) is 7.29. The van der Waals surface area contributed by atoms with Gasteiger partial charge in [0.1, 0.15) is 23.5 Å². The summed E-state index contributed by atoms with van der Waals surface area (Å²) in [5.74, 6) is 1.43. The van der Waals surface area contributed by atoms with E-state index in [-0.39, 0.29) is 18.0 Å². The van der Waals surface area contributed by atoms with Crippen molar-refractivity contribution in [3.05, 3.63) is 12.2 Å². The Balaban J connectivity index is 1.04. The lowest BCUT2D eigenvalue weighted by Crippen LogP contribution is -2.43. The Labute approximate surface area is 226 Å². The summed E-state index contributed by atoms with van der Waals surface area (Å²) in [4.78, 5) is 39.9. The van der Waals surface area contributed by atoms with Crippen LogP contribution in [0.2, 0.25) is 0 Å². The topological polar surface area (TPSA) is 178 Å². The summed E-state index contributed by atoms with van der Waals surface area (Å²) in [6, 6.07) is 0.106. The van der Waals surface area contributed by atoms with Crippen LogP contribution in [-0.4, -0.2) is 90.7 Å². The zero-order chi connectivity index (χ0) is 27.1. The minimum atomic E-state index is -1.38. The molecule has 4 aliphatic rings. The number of piperidine rings is 1. The Bertz CT molecular complexity index is 1210. The highest BCUT2D eigenvalue weighted by atomic mass is 16.6. The first kappa shape index (κ1) is 26.2. The highest BCUT2D eigenvalue weighted by Crippen LogP contribution is 2.33. The van der Waals surface area contributed by atoms with Crippen LogP contribution in [0, 0.1) is 11.8 Å². The molecule has 1 unspecified atom stereocenters. The molecular weight excluding hydrogens is 506 g/mol. The van der Waals surface area contributed by atoms with Gasteiger partial charge in [-0.1, -0.05) is 0 Å². The molecule has 2 saturated heterocycles. The molecule has 2 aliphatic carbocycles. The number of hydrogen-bond acceptors (Lipinski definition) is 10. The lowest BCUT2D eigenvalue weighted by Gasteiger charge is -2.31. The number of nitrogens with one attached hydrogen (secondary N) is 1. The van der Waals surface area contributed by atoms with Crippen LogP contribution in [0.15, 0.2) is 6.33 Å². The van der Waals surface area contributed by atoms with E-state index in [1.165, 1.54) is 23.7 Å². The van der Waals surface area contributed by atoms with Crippen molar-refractivity contribution in [1.29, 1.82) is 0 Å². The van der Waals surface area contributed by atoms with Gasteiger partial charge in [0.2, 0.25) is 0 Å². The van der Waals surface area contributed by atoms with Gasteiger partial charge in [-0.15, -0.1) is 0 Å². The van der Waals surface area contributed by atoms with E-state index in [9.17, 15) is 19.8 Å². The molecule has 0 aromatic carbocycles. The molecule has 39 heavy (non-hydrogen) atoms. The van der Waals surface area contributed by atoms with Crippen LogP contribution in [0.1, 0.15) is 63.4 Å². The van der Waals surface area contributed by atoms with Gasteiger partial charge in [-0.25, -0.2) is 19.7 Å². The fourth-order valence-electron chi connectivity index (χ4n) is 5.42. The molecule has 13 heteroatoms. The zero-order valence-corrected chi connectivity index (χ0v) is 21.9. The number of nitrogen functional groups attached to an aromatic ring is 1. The number of aryl methyl sites for hydroxylation is 1. The number of fused-ring (bicyclic) bond motifs is 1. The Morgan fingerprint density at radius 2 is 1.85 bits per heavy atom. The molecule has 2 amide bonds. The number of carbonyl (C=O) groups excluding carboxylic acids is 2. The average molecular weight is 544 g/mol. The van der Waals surface area contributed by atoms with Gasteiger partial charge in [-0.05, 0) is 63.2 Å². The molecule has 2 aromatic heterocycles.